The van der Waals surface area contributed by atoms with Gasteiger partial charge in [0.2, 0.25) is 10.0 Å². The molecule has 7 nitrogen and oxygen atoms in total. The molecular formula is C18H15N3O4S2. The van der Waals surface area contributed by atoms with Crippen LogP contribution in [0.4, 0.5) is 0 Å². The van der Waals surface area contributed by atoms with Crippen LogP contribution in [0.1, 0.15) is 10.4 Å². The molecule has 1 heterocycles. The number of hydrogen-bond acceptors (Lipinski definition) is 5. The van der Waals surface area contributed by atoms with Crippen molar-refractivity contribution in [3.63, 3.8) is 0 Å². The van der Waals surface area contributed by atoms with Gasteiger partial charge in [-0.15, -0.1) is 6.42 Å². The summed E-state index contributed by atoms with van der Waals surface area (Å²) in [6, 6.07) is 11.2. The number of amides is 1. The van der Waals surface area contributed by atoms with Gasteiger partial charge < -0.3 is 9.30 Å². The Bertz CT molecular complexity index is 1250. The summed E-state index contributed by atoms with van der Waals surface area (Å²) in [5.41, 5.74) is 0.979. The van der Waals surface area contributed by atoms with E-state index in [9.17, 15) is 13.2 Å². The molecule has 0 spiro atoms. The minimum atomic E-state index is -3.84. The van der Waals surface area contributed by atoms with Gasteiger partial charge in [-0.25, -0.2) is 13.6 Å². The molecule has 27 heavy (non-hydrogen) atoms. The molecule has 0 aliphatic rings. The number of nitrogens with zero attached hydrogens (tertiary/aromatic N) is 2. The predicted octanol–water partition coefficient (Wildman–Crippen LogP) is 1.73. The number of aromatic nitrogens is 1. The van der Waals surface area contributed by atoms with Crippen LogP contribution < -0.4 is 14.7 Å². The molecule has 0 aliphatic heterocycles. The quantitative estimate of drug-likeness (QED) is 0.672. The highest BCUT2D eigenvalue weighted by molar-refractivity contribution is 7.89. The molecule has 0 saturated carbocycles. The van der Waals surface area contributed by atoms with Gasteiger partial charge >= 0.3 is 0 Å². The third kappa shape index (κ3) is 3.78. The van der Waals surface area contributed by atoms with E-state index in [4.69, 9.17) is 16.3 Å². The van der Waals surface area contributed by atoms with Crippen molar-refractivity contribution in [3.8, 4) is 18.1 Å². The van der Waals surface area contributed by atoms with E-state index < -0.39 is 15.9 Å². The summed E-state index contributed by atoms with van der Waals surface area (Å²) in [4.78, 5) is 17.1. The van der Waals surface area contributed by atoms with Crippen molar-refractivity contribution in [2.45, 2.75) is 11.4 Å². The monoisotopic (exact) mass is 401 g/mol. The summed E-state index contributed by atoms with van der Waals surface area (Å²) >= 11 is 1.15. The van der Waals surface area contributed by atoms with Gasteiger partial charge in [-0.3, -0.25) is 4.79 Å². The van der Waals surface area contributed by atoms with Crippen molar-refractivity contribution in [2.75, 3.05) is 7.11 Å². The van der Waals surface area contributed by atoms with Crippen LogP contribution in [0.3, 0.4) is 0 Å². The topological polar surface area (TPSA) is 104 Å². The van der Waals surface area contributed by atoms with E-state index in [0.29, 0.717) is 26.3 Å². The first-order chi connectivity index (χ1) is 12.8. The number of nitrogens with two attached hydrogens (primary N) is 1. The lowest BCUT2D eigenvalue weighted by Crippen LogP contribution is -2.16. The maximum atomic E-state index is 12.6. The van der Waals surface area contributed by atoms with Crippen molar-refractivity contribution >= 4 is 37.5 Å². The lowest BCUT2D eigenvalue weighted by molar-refractivity contribution is 0.0995. The Kier molecular flexibility index (Phi) is 5.14. The Morgan fingerprint density at radius 1 is 1.33 bits per heavy atom. The van der Waals surface area contributed by atoms with Crippen LogP contribution >= 0.6 is 11.3 Å². The molecule has 3 rings (SSSR count). The number of primary sulfonamides is 1. The molecule has 1 aromatic heterocycles. The maximum absolute atomic E-state index is 12.6. The number of methoxy groups -OCH3 is 1. The van der Waals surface area contributed by atoms with Gasteiger partial charge in [-0.2, -0.15) is 4.99 Å². The van der Waals surface area contributed by atoms with Gasteiger partial charge in [-0.05, 0) is 30.3 Å². The maximum Gasteiger partial charge on any atom is 0.283 e. The highest BCUT2D eigenvalue weighted by atomic mass is 32.2. The fourth-order valence-electron chi connectivity index (χ4n) is 2.53. The summed E-state index contributed by atoms with van der Waals surface area (Å²) < 4.78 is 30.6. The number of rotatable bonds is 4. The number of fused-ring (bicyclic) bond motifs is 1. The van der Waals surface area contributed by atoms with E-state index >= 15 is 0 Å². The van der Waals surface area contributed by atoms with E-state index in [-0.39, 0.29) is 11.4 Å². The number of thiazole rings is 1. The van der Waals surface area contributed by atoms with Crippen LogP contribution in [0.5, 0.6) is 5.75 Å². The van der Waals surface area contributed by atoms with Crippen molar-refractivity contribution < 1.29 is 17.9 Å². The molecule has 0 radical (unpaired) electrons. The number of ether oxygens (including phenoxy) is 1. The molecule has 2 N–H and O–H groups in total. The number of terminal acetylenes is 1. The van der Waals surface area contributed by atoms with Crippen LogP contribution in [-0.2, 0) is 16.6 Å². The summed E-state index contributed by atoms with van der Waals surface area (Å²) in [5, 5.41) is 5.19. The van der Waals surface area contributed by atoms with Crippen LogP contribution in [0.2, 0.25) is 0 Å². The van der Waals surface area contributed by atoms with Crippen molar-refractivity contribution in [2.24, 2.45) is 10.1 Å². The Morgan fingerprint density at radius 3 is 2.74 bits per heavy atom. The molecule has 0 aliphatic carbocycles. The SMILES string of the molecule is C#CCn1c(=NC(=O)c2ccccc2OC)sc2cc(S(N)(=O)=O)ccc21. The average Bonchev–Trinajstić information content (AvgIpc) is 2.97. The van der Waals surface area contributed by atoms with Crippen molar-refractivity contribution in [1.82, 2.24) is 4.57 Å². The van der Waals surface area contributed by atoms with E-state index in [1.807, 2.05) is 0 Å². The minimum Gasteiger partial charge on any atom is -0.496 e. The van der Waals surface area contributed by atoms with Crippen LogP contribution in [0.25, 0.3) is 10.2 Å². The molecule has 0 atom stereocenters. The molecule has 1 amide bonds. The first-order valence-corrected chi connectivity index (χ1v) is 10.0. The number of carbonyl (C=O) groups excluding carboxylic acids is 1. The summed E-state index contributed by atoms with van der Waals surface area (Å²) in [7, 11) is -2.37. The molecule has 0 unspecified atom stereocenters. The van der Waals surface area contributed by atoms with Crippen molar-refractivity contribution in [3.05, 3.63) is 52.8 Å². The second kappa shape index (κ2) is 7.36. The van der Waals surface area contributed by atoms with Gasteiger partial charge in [0.15, 0.2) is 4.80 Å². The minimum absolute atomic E-state index is 0.0216. The fourth-order valence-corrected chi connectivity index (χ4v) is 4.21. The molecule has 0 saturated heterocycles. The largest absolute Gasteiger partial charge is 0.496 e. The van der Waals surface area contributed by atoms with Crippen molar-refractivity contribution in [1.29, 1.82) is 0 Å². The zero-order valence-electron chi connectivity index (χ0n) is 14.2. The second-order valence-corrected chi connectivity index (χ2v) is 8.04. The van der Waals surface area contributed by atoms with Crippen LogP contribution in [0, 0.1) is 12.3 Å². The molecule has 138 valence electrons. The normalized spacial score (nSPS) is 12.1. The highest BCUT2D eigenvalue weighted by Crippen LogP contribution is 2.22. The smallest absolute Gasteiger partial charge is 0.283 e. The third-order valence-corrected chi connectivity index (χ3v) is 5.72. The first-order valence-electron chi connectivity index (χ1n) is 7.67. The lowest BCUT2D eigenvalue weighted by atomic mass is 10.2. The highest BCUT2D eigenvalue weighted by Gasteiger charge is 2.14. The number of benzene rings is 2. The number of carbonyl (C=O) groups is 1. The van der Waals surface area contributed by atoms with Gasteiger partial charge in [-0.1, -0.05) is 29.4 Å². The number of sulfonamides is 1. The molecule has 3 aromatic rings. The van der Waals surface area contributed by atoms with E-state index in [0.717, 1.165) is 11.3 Å². The average molecular weight is 401 g/mol. The van der Waals surface area contributed by atoms with Gasteiger partial charge in [0.05, 0.1) is 34.3 Å². The molecule has 0 fully saturated rings. The zero-order chi connectivity index (χ0) is 19.6. The number of para-hydroxylation sites is 1. The standard InChI is InChI=1S/C18H15N3O4S2/c1-3-10-21-14-9-8-12(27(19,23)24)11-16(14)26-18(21)20-17(22)13-6-4-5-7-15(13)25-2/h1,4-9,11H,10H2,2H3,(H2,19,23,24). The predicted molar refractivity (Wildman–Crippen MR) is 103 cm³/mol. The van der Waals surface area contributed by atoms with Gasteiger partial charge in [0.25, 0.3) is 5.91 Å². The van der Waals surface area contributed by atoms with E-state index in [2.05, 4.69) is 10.9 Å². The van der Waals surface area contributed by atoms with Crippen LogP contribution in [-0.4, -0.2) is 26.0 Å². The molecule has 2 aromatic carbocycles. The Morgan fingerprint density at radius 2 is 2.07 bits per heavy atom. The van der Waals surface area contributed by atoms with Gasteiger partial charge in [0.1, 0.15) is 5.75 Å². The Hall–Kier alpha value is -2.93. The third-order valence-electron chi connectivity index (χ3n) is 3.77. The Balaban J connectivity index is 2.20. The zero-order valence-corrected chi connectivity index (χ0v) is 15.9. The number of hydrogen-bond donors (Lipinski definition) is 1. The fraction of sp³-hybridized carbons (Fsp3) is 0.111. The van der Waals surface area contributed by atoms with E-state index in [1.54, 1.807) is 34.9 Å². The Labute approximate surface area is 159 Å². The first kappa shape index (κ1) is 18.8. The lowest BCUT2D eigenvalue weighted by Gasteiger charge is -2.04. The molecule has 9 heteroatoms. The molecular weight excluding hydrogens is 386 g/mol. The van der Waals surface area contributed by atoms with Gasteiger partial charge in [0, 0.05) is 0 Å². The summed E-state index contributed by atoms with van der Waals surface area (Å²) in [6.07, 6.45) is 5.44. The summed E-state index contributed by atoms with van der Waals surface area (Å²) in [5.74, 6) is 2.43. The second-order valence-electron chi connectivity index (χ2n) is 5.47. The summed E-state index contributed by atoms with van der Waals surface area (Å²) in [6.45, 7) is 0.173. The molecule has 0 bridgehead atoms. The van der Waals surface area contributed by atoms with Crippen LogP contribution in [0.15, 0.2) is 52.4 Å². The van der Waals surface area contributed by atoms with E-state index in [1.165, 1.54) is 19.2 Å².